The molecule has 1 aliphatic rings. The molecule has 4 nitrogen and oxygen atoms in total. The summed E-state index contributed by atoms with van der Waals surface area (Å²) in [7, 11) is 1.84. The lowest BCUT2D eigenvalue weighted by atomic mass is 10.1. The third kappa shape index (κ3) is 3.28. The van der Waals surface area contributed by atoms with Crippen LogP contribution in [-0.2, 0) is 11.3 Å². The molecule has 0 atom stereocenters. The summed E-state index contributed by atoms with van der Waals surface area (Å²) in [5.41, 5.74) is 6.83. The van der Waals surface area contributed by atoms with E-state index in [2.05, 4.69) is 4.90 Å². The van der Waals surface area contributed by atoms with Crippen LogP contribution in [-0.4, -0.2) is 48.4 Å². The van der Waals surface area contributed by atoms with Crippen molar-refractivity contribution in [1.82, 2.24) is 9.80 Å². The Kier molecular flexibility index (Phi) is 3.76. The largest absolute Gasteiger partial charge is 0.340 e. The summed E-state index contributed by atoms with van der Waals surface area (Å²) in [6, 6.07) is 10.3. The summed E-state index contributed by atoms with van der Waals surface area (Å²) in [5.74, 6) is 0.153. The van der Waals surface area contributed by atoms with Crippen LogP contribution in [0.2, 0.25) is 0 Å². The Labute approximate surface area is 102 Å². The van der Waals surface area contributed by atoms with Crippen LogP contribution in [0.4, 0.5) is 0 Å². The Morgan fingerprint density at radius 3 is 2.65 bits per heavy atom. The molecule has 0 radical (unpaired) electrons. The second-order valence-corrected chi connectivity index (χ2v) is 4.69. The molecule has 2 N–H and O–H groups in total. The number of amides is 1. The molecule has 1 aromatic rings. The Morgan fingerprint density at radius 1 is 1.41 bits per heavy atom. The van der Waals surface area contributed by atoms with Gasteiger partial charge in [-0.2, -0.15) is 0 Å². The maximum atomic E-state index is 11.9. The van der Waals surface area contributed by atoms with Gasteiger partial charge in [0.1, 0.15) is 0 Å². The first-order valence-corrected chi connectivity index (χ1v) is 5.91. The van der Waals surface area contributed by atoms with Crippen LogP contribution in [0.5, 0.6) is 0 Å². The van der Waals surface area contributed by atoms with E-state index in [4.69, 9.17) is 5.73 Å². The highest BCUT2D eigenvalue weighted by molar-refractivity contribution is 5.78. The maximum Gasteiger partial charge on any atom is 0.236 e. The third-order valence-electron chi connectivity index (χ3n) is 3.03. The van der Waals surface area contributed by atoms with Crippen molar-refractivity contribution in [2.75, 3.05) is 26.7 Å². The lowest BCUT2D eigenvalue weighted by Gasteiger charge is -2.37. The van der Waals surface area contributed by atoms with E-state index in [0.29, 0.717) is 13.1 Å². The van der Waals surface area contributed by atoms with Gasteiger partial charge < -0.3 is 10.6 Å². The van der Waals surface area contributed by atoms with Gasteiger partial charge in [0.15, 0.2) is 0 Å². The van der Waals surface area contributed by atoms with Crippen molar-refractivity contribution in [3.8, 4) is 0 Å². The Balaban J connectivity index is 1.79. The molecule has 1 aliphatic heterocycles. The molecule has 0 unspecified atom stereocenters. The van der Waals surface area contributed by atoms with E-state index in [0.717, 1.165) is 18.7 Å². The van der Waals surface area contributed by atoms with Gasteiger partial charge in [0, 0.05) is 32.7 Å². The van der Waals surface area contributed by atoms with Crippen LogP contribution in [0.3, 0.4) is 0 Å². The molecule has 1 fully saturated rings. The molecule has 1 aromatic carbocycles. The normalized spacial score (nSPS) is 16.6. The summed E-state index contributed by atoms with van der Waals surface area (Å²) < 4.78 is 0. The molecule has 1 heterocycles. The number of nitrogens with two attached hydrogens (primary N) is 1. The van der Waals surface area contributed by atoms with Crippen molar-refractivity contribution in [1.29, 1.82) is 0 Å². The quantitative estimate of drug-likeness (QED) is 0.813. The van der Waals surface area contributed by atoms with Crippen molar-refractivity contribution < 1.29 is 4.79 Å². The summed E-state index contributed by atoms with van der Waals surface area (Å²) in [4.78, 5) is 15.7. The van der Waals surface area contributed by atoms with Crippen LogP contribution < -0.4 is 5.73 Å². The number of carbonyl (C=O) groups excluding carboxylic acids is 1. The fourth-order valence-corrected chi connectivity index (χ4v) is 2.00. The number of carbonyl (C=O) groups is 1. The molecule has 4 heteroatoms. The Hall–Kier alpha value is -1.39. The van der Waals surface area contributed by atoms with Crippen molar-refractivity contribution in [3.05, 3.63) is 35.9 Å². The number of nitrogens with zero attached hydrogens (tertiary/aromatic N) is 2. The molecule has 1 saturated heterocycles. The number of likely N-dealkylation sites (tertiary alicyclic amines) is 1. The van der Waals surface area contributed by atoms with Crippen LogP contribution in [0.15, 0.2) is 30.3 Å². The van der Waals surface area contributed by atoms with Gasteiger partial charge in [-0.1, -0.05) is 30.3 Å². The fraction of sp³-hybridized carbons (Fsp3) is 0.462. The monoisotopic (exact) mass is 233 g/mol. The molecule has 0 bridgehead atoms. The highest BCUT2D eigenvalue weighted by Crippen LogP contribution is 2.07. The first-order chi connectivity index (χ1) is 8.15. The Morgan fingerprint density at radius 2 is 2.06 bits per heavy atom. The zero-order valence-corrected chi connectivity index (χ0v) is 10.2. The first kappa shape index (κ1) is 12.1. The van der Waals surface area contributed by atoms with Gasteiger partial charge in [0.25, 0.3) is 0 Å². The summed E-state index contributed by atoms with van der Waals surface area (Å²) in [6.45, 7) is 2.83. The van der Waals surface area contributed by atoms with Crippen LogP contribution in [0, 0.1) is 0 Å². The minimum absolute atomic E-state index is 0.153. The topological polar surface area (TPSA) is 49.6 Å². The van der Waals surface area contributed by atoms with Crippen molar-refractivity contribution in [2.45, 2.75) is 12.6 Å². The molecular weight excluding hydrogens is 214 g/mol. The third-order valence-corrected chi connectivity index (χ3v) is 3.03. The van der Waals surface area contributed by atoms with Crippen molar-refractivity contribution in [3.63, 3.8) is 0 Å². The van der Waals surface area contributed by atoms with Gasteiger partial charge in [-0.05, 0) is 5.56 Å². The van der Waals surface area contributed by atoms with Crippen molar-refractivity contribution in [2.24, 2.45) is 5.73 Å². The van der Waals surface area contributed by atoms with Crippen LogP contribution >= 0.6 is 0 Å². The maximum absolute atomic E-state index is 11.9. The second kappa shape index (κ2) is 5.29. The minimum Gasteiger partial charge on any atom is -0.340 e. The number of rotatable bonds is 4. The van der Waals surface area contributed by atoms with E-state index >= 15 is 0 Å². The molecular formula is C13H19N3O. The predicted molar refractivity (Wildman–Crippen MR) is 67.3 cm³/mol. The molecule has 0 aromatic heterocycles. The van der Waals surface area contributed by atoms with Gasteiger partial charge in [-0.25, -0.2) is 0 Å². The fourth-order valence-electron chi connectivity index (χ4n) is 2.00. The molecule has 17 heavy (non-hydrogen) atoms. The molecule has 0 saturated carbocycles. The lowest BCUT2D eigenvalue weighted by Crippen LogP contribution is -2.57. The summed E-state index contributed by atoms with van der Waals surface area (Å²) in [6.07, 6.45) is 0. The first-order valence-electron chi connectivity index (χ1n) is 5.91. The highest BCUT2D eigenvalue weighted by atomic mass is 16.2. The standard InChI is InChI=1S/C13H19N3O/c1-15(7-11-5-3-2-4-6-11)13(17)10-16-8-12(14)9-16/h2-6,12H,7-10,14H2,1H3. The smallest absolute Gasteiger partial charge is 0.236 e. The number of hydrogen-bond donors (Lipinski definition) is 1. The Bertz CT molecular complexity index is 374. The average molecular weight is 233 g/mol. The zero-order chi connectivity index (χ0) is 12.3. The van der Waals surface area contributed by atoms with Gasteiger partial charge in [0.05, 0.1) is 6.54 Å². The number of benzene rings is 1. The van der Waals surface area contributed by atoms with Crippen LogP contribution in [0.25, 0.3) is 0 Å². The average Bonchev–Trinajstić information content (AvgIpc) is 2.28. The van der Waals surface area contributed by atoms with Gasteiger partial charge in [0.2, 0.25) is 5.91 Å². The SMILES string of the molecule is CN(Cc1ccccc1)C(=O)CN1CC(N)C1. The van der Waals surface area contributed by atoms with Gasteiger partial charge >= 0.3 is 0 Å². The molecule has 2 rings (SSSR count). The van der Waals surface area contributed by atoms with E-state index in [9.17, 15) is 4.79 Å². The summed E-state index contributed by atoms with van der Waals surface area (Å²) >= 11 is 0. The highest BCUT2D eigenvalue weighted by Gasteiger charge is 2.25. The van der Waals surface area contributed by atoms with E-state index in [-0.39, 0.29) is 11.9 Å². The van der Waals surface area contributed by atoms with Crippen LogP contribution in [0.1, 0.15) is 5.56 Å². The molecule has 0 spiro atoms. The van der Waals surface area contributed by atoms with E-state index in [1.165, 1.54) is 0 Å². The van der Waals surface area contributed by atoms with Gasteiger partial charge in [-0.15, -0.1) is 0 Å². The van der Waals surface area contributed by atoms with E-state index < -0.39 is 0 Å². The van der Waals surface area contributed by atoms with E-state index in [1.807, 2.05) is 37.4 Å². The number of hydrogen-bond acceptors (Lipinski definition) is 3. The summed E-state index contributed by atoms with van der Waals surface area (Å²) in [5, 5.41) is 0. The van der Waals surface area contributed by atoms with Crippen molar-refractivity contribution >= 4 is 5.91 Å². The lowest BCUT2D eigenvalue weighted by molar-refractivity contribution is -0.132. The predicted octanol–water partition coefficient (Wildman–Crippen LogP) is 0.288. The second-order valence-electron chi connectivity index (χ2n) is 4.69. The zero-order valence-electron chi connectivity index (χ0n) is 10.2. The number of likely N-dealkylation sites (N-methyl/N-ethyl adjacent to an activating group) is 1. The minimum atomic E-state index is 0.153. The molecule has 1 amide bonds. The molecule has 92 valence electrons. The molecule has 0 aliphatic carbocycles. The van der Waals surface area contributed by atoms with E-state index in [1.54, 1.807) is 4.90 Å². The van der Waals surface area contributed by atoms with Gasteiger partial charge in [-0.3, -0.25) is 9.69 Å².